The van der Waals surface area contributed by atoms with Crippen LogP contribution in [0.5, 0.6) is 0 Å². The average molecular weight is 467 g/mol. The summed E-state index contributed by atoms with van der Waals surface area (Å²) >= 11 is 0. The minimum Gasteiger partial charge on any atom is -0.369 e. The van der Waals surface area contributed by atoms with E-state index in [0.29, 0.717) is 17.1 Å². The topological polar surface area (TPSA) is 81.8 Å². The number of imidazole rings is 1. The summed E-state index contributed by atoms with van der Waals surface area (Å²) in [4.78, 5) is 13.5. The second kappa shape index (κ2) is 10.4. The van der Waals surface area contributed by atoms with Crippen LogP contribution < -0.4 is 5.32 Å². The van der Waals surface area contributed by atoms with E-state index in [1.807, 2.05) is 18.2 Å². The monoisotopic (exact) mass is 467 g/mol. The van der Waals surface area contributed by atoms with Crippen LogP contribution in [0, 0.1) is 11.8 Å². The molecule has 35 heavy (non-hydrogen) atoms. The van der Waals surface area contributed by atoms with E-state index >= 15 is 0 Å². The molecule has 0 spiro atoms. The first-order chi connectivity index (χ1) is 17.0. The summed E-state index contributed by atoms with van der Waals surface area (Å²) < 4.78 is 1.70. The lowest BCUT2D eigenvalue weighted by molar-refractivity contribution is 0.149. The number of piperazine rings is 1. The molecule has 2 atom stereocenters. The van der Waals surface area contributed by atoms with Gasteiger partial charge in [-0.1, -0.05) is 17.6 Å². The summed E-state index contributed by atoms with van der Waals surface area (Å²) in [5.41, 5.74) is 5.32. The Morgan fingerprint density at radius 1 is 1.17 bits per heavy atom. The van der Waals surface area contributed by atoms with Crippen LogP contribution in [0.15, 0.2) is 66.4 Å². The summed E-state index contributed by atoms with van der Waals surface area (Å²) in [5.74, 6) is 6.64. The standard InChI is InChI=1S/C26H30BN7O/c1-32-9-11-33(12-10-32)18-20-5-6-22(14-24(20)27)31-26(35)21-13-19(15-28-16-21)4-7-23-17-29-25-3-2-8-30-34(23)25/h2-3,5-6,8,13,15-17,24,26,31,35H,9-12,14,18,27H2,1H3/t24-,26?/m1/s1. The quantitative estimate of drug-likeness (QED) is 0.329. The highest BCUT2D eigenvalue weighted by atomic mass is 16.3. The zero-order valence-electron chi connectivity index (χ0n) is 20.2. The molecule has 1 fully saturated rings. The van der Waals surface area contributed by atoms with Crippen molar-refractivity contribution in [3.05, 3.63) is 83.2 Å². The van der Waals surface area contributed by atoms with Crippen molar-refractivity contribution in [2.75, 3.05) is 39.8 Å². The molecule has 3 aromatic rings. The van der Waals surface area contributed by atoms with Crippen molar-refractivity contribution >= 4 is 13.5 Å². The minimum absolute atomic E-state index is 0.434. The van der Waals surface area contributed by atoms with Crippen molar-refractivity contribution in [1.82, 2.24) is 34.7 Å². The van der Waals surface area contributed by atoms with E-state index < -0.39 is 6.23 Å². The molecule has 0 saturated carbocycles. The highest BCUT2D eigenvalue weighted by Gasteiger charge is 2.21. The Morgan fingerprint density at radius 3 is 2.86 bits per heavy atom. The van der Waals surface area contributed by atoms with Crippen molar-refractivity contribution in [2.45, 2.75) is 18.5 Å². The SMILES string of the molecule is B[C@@H]1CC(NC(O)c2cncc(C#Cc3cnc4cccnn34)c2)=CC=C1CN1CCN(C)CC1. The van der Waals surface area contributed by atoms with Gasteiger partial charge in [0.2, 0.25) is 0 Å². The summed E-state index contributed by atoms with van der Waals surface area (Å²) in [6.45, 7) is 5.52. The maximum Gasteiger partial charge on any atom is 0.154 e. The first kappa shape index (κ1) is 23.3. The van der Waals surface area contributed by atoms with E-state index in [-0.39, 0.29) is 0 Å². The van der Waals surface area contributed by atoms with Gasteiger partial charge in [0.1, 0.15) is 13.5 Å². The molecule has 0 bridgehead atoms. The highest BCUT2D eigenvalue weighted by molar-refractivity contribution is 6.14. The maximum atomic E-state index is 10.8. The molecule has 2 N–H and O–H groups in total. The lowest BCUT2D eigenvalue weighted by Gasteiger charge is -2.35. The fraction of sp³-hybridized carbons (Fsp3) is 0.346. The molecule has 1 aliphatic heterocycles. The van der Waals surface area contributed by atoms with E-state index in [2.05, 4.69) is 69.1 Å². The number of pyridine rings is 1. The molecule has 0 radical (unpaired) electrons. The summed E-state index contributed by atoms with van der Waals surface area (Å²) in [6.07, 6.45) is 11.1. The molecule has 8 nitrogen and oxygen atoms in total. The van der Waals surface area contributed by atoms with E-state index in [0.717, 1.165) is 56.1 Å². The molecule has 4 heterocycles. The van der Waals surface area contributed by atoms with Crippen LogP contribution in [0.1, 0.15) is 29.5 Å². The number of nitrogens with zero attached hydrogens (tertiary/aromatic N) is 6. The number of rotatable bonds is 5. The molecule has 1 unspecified atom stereocenters. The molecular formula is C26H30BN7O. The number of aromatic nitrogens is 4. The smallest absolute Gasteiger partial charge is 0.154 e. The van der Waals surface area contributed by atoms with Crippen molar-refractivity contribution in [1.29, 1.82) is 0 Å². The Labute approximate surface area is 206 Å². The number of hydrogen-bond acceptors (Lipinski definition) is 7. The van der Waals surface area contributed by atoms with Gasteiger partial charge in [-0.15, -0.1) is 0 Å². The summed E-state index contributed by atoms with van der Waals surface area (Å²) in [6, 6.07) is 5.58. The first-order valence-corrected chi connectivity index (χ1v) is 12.1. The van der Waals surface area contributed by atoms with Crippen LogP contribution in [0.25, 0.3) is 5.65 Å². The van der Waals surface area contributed by atoms with Gasteiger partial charge in [0.05, 0.1) is 6.20 Å². The Hall–Kier alpha value is -3.45. The van der Waals surface area contributed by atoms with E-state index in [1.54, 1.807) is 29.3 Å². The number of hydrogen-bond donors (Lipinski definition) is 2. The molecule has 0 aromatic carbocycles. The summed E-state index contributed by atoms with van der Waals surface area (Å²) in [5, 5.41) is 18.4. The Balaban J connectivity index is 1.23. The van der Waals surface area contributed by atoms with Crippen LogP contribution in [0.2, 0.25) is 5.82 Å². The average Bonchev–Trinajstić information content (AvgIpc) is 3.29. The molecule has 3 aromatic heterocycles. The third kappa shape index (κ3) is 5.62. The second-order valence-corrected chi connectivity index (χ2v) is 9.36. The van der Waals surface area contributed by atoms with Gasteiger partial charge in [-0.3, -0.25) is 9.88 Å². The van der Waals surface area contributed by atoms with Crippen LogP contribution in [-0.2, 0) is 0 Å². The molecular weight excluding hydrogens is 437 g/mol. The highest BCUT2D eigenvalue weighted by Crippen LogP contribution is 2.28. The van der Waals surface area contributed by atoms with Gasteiger partial charge >= 0.3 is 0 Å². The van der Waals surface area contributed by atoms with Crippen LogP contribution in [0.3, 0.4) is 0 Å². The lowest BCUT2D eigenvalue weighted by atomic mass is 9.74. The summed E-state index contributed by atoms with van der Waals surface area (Å²) in [7, 11) is 4.44. The van der Waals surface area contributed by atoms with Crippen LogP contribution >= 0.6 is 0 Å². The van der Waals surface area contributed by atoms with Crippen molar-refractivity contribution in [2.24, 2.45) is 0 Å². The van der Waals surface area contributed by atoms with Gasteiger partial charge in [-0.2, -0.15) is 5.10 Å². The molecule has 9 heteroatoms. The number of aliphatic hydroxyl groups is 1. The van der Waals surface area contributed by atoms with Gasteiger partial charge in [0.15, 0.2) is 11.9 Å². The van der Waals surface area contributed by atoms with Crippen LogP contribution in [-0.4, -0.2) is 82.1 Å². The lowest BCUT2D eigenvalue weighted by Crippen LogP contribution is -2.45. The third-order valence-corrected chi connectivity index (χ3v) is 6.67. The first-order valence-electron chi connectivity index (χ1n) is 12.1. The molecule has 1 saturated heterocycles. The second-order valence-electron chi connectivity index (χ2n) is 9.36. The Morgan fingerprint density at radius 2 is 2.03 bits per heavy atom. The fourth-order valence-electron chi connectivity index (χ4n) is 4.47. The Bertz CT molecular complexity index is 1310. The van der Waals surface area contributed by atoms with Crippen molar-refractivity contribution in [3.8, 4) is 11.8 Å². The van der Waals surface area contributed by atoms with Crippen molar-refractivity contribution < 1.29 is 5.11 Å². The van der Waals surface area contributed by atoms with E-state index in [4.69, 9.17) is 0 Å². The van der Waals surface area contributed by atoms with Crippen LogP contribution in [0.4, 0.5) is 0 Å². The number of fused-ring (bicyclic) bond motifs is 1. The zero-order chi connectivity index (χ0) is 24.2. The molecule has 1 aliphatic carbocycles. The Kier molecular flexibility index (Phi) is 6.95. The molecule has 178 valence electrons. The zero-order valence-corrected chi connectivity index (χ0v) is 20.2. The predicted octanol–water partition coefficient (Wildman–Crippen LogP) is 0.988. The van der Waals surface area contributed by atoms with Gasteiger partial charge in [0, 0.05) is 68.1 Å². The van der Waals surface area contributed by atoms with Gasteiger partial charge in [-0.05, 0) is 49.5 Å². The maximum absolute atomic E-state index is 10.8. The fourth-order valence-corrected chi connectivity index (χ4v) is 4.47. The van der Waals surface area contributed by atoms with Gasteiger partial charge in [-0.25, -0.2) is 9.50 Å². The van der Waals surface area contributed by atoms with Crippen molar-refractivity contribution in [3.63, 3.8) is 0 Å². The number of nitrogens with one attached hydrogen (secondary N) is 1. The normalized spacial score (nSPS) is 20.0. The molecule has 2 aliphatic rings. The third-order valence-electron chi connectivity index (χ3n) is 6.67. The number of likely N-dealkylation sites (N-methyl/N-ethyl adjacent to an activating group) is 1. The number of allylic oxidation sites excluding steroid dienone is 3. The molecule has 5 rings (SSSR count). The van der Waals surface area contributed by atoms with E-state index in [9.17, 15) is 5.11 Å². The predicted molar refractivity (Wildman–Crippen MR) is 138 cm³/mol. The minimum atomic E-state index is -0.854. The number of aliphatic hydroxyl groups excluding tert-OH is 1. The molecule has 0 amide bonds. The largest absolute Gasteiger partial charge is 0.369 e. The van der Waals surface area contributed by atoms with E-state index in [1.165, 1.54) is 5.57 Å². The van der Waals surface area contributed by atoms with Gasteiger partial charge < -0.3 is 15.3 Å². The van der Waals surface area contributed by atoms with Gasteiger partial charge in [0.25, 0.3) is 0 Å².